The SMILES string of the molecule is CC(C)N1C(=O)C2(c3ccccc31)C(C(=O)O)CC1CCCN12. The number of benzene rings is 1. The number of carboxylic acid groups (broad SMARTS) is 1. The van der Waals surface area contributed by atoms with E-state index in [4.69, 9.17) is 0 Å². The highest BCUT2D eigenvalue weighted by molar-refractivity contribution is 6.10. The van der Waals surface area contributed by atoms with Crippen molar-refractivity contribution in [2.75, 3.05) is 11.4 Å². The van der Waals surface area contributed by atoms with Gasteiger partial charge in [0.15, 0.2) is 0 Å². The molecule has 1 aromatic rings. The molecule has 1 spiro atoms. The fraction of sp³-hybridized carbons (Fsp3) is 0.556. The molecular formula is C18H22N2O3. The lowest BCUT2D eigenvalue weighted by molar-refractivity contribution is -0.150. The van der Waals surface area contributed by atoms with Crippen LogP contribution in [0.25, 0.3) is 0 Å². The molecule has 3 atom stereocenters. The van der Waals surface area contributed by atoms with Crippen LogP contribution in [0.4, 0.5) is 5.69 Å². The minimum Gasteiger partial charge on any atom is -0.481 e. The van der Waals surface area contributed by atoms with Crippen LogP contribution in [0, 0.1) is 5.92 Å². The third-order valence-electron chi connectivity index (χ3n) is 5.78. The predicted octanol–water partition coefficient (Wildman–Crippen LogP) is 2.21. The molecule has 0 bridgehead atoms. The van der Waals surface area contributed by atoms with Crippen molar-refractivity contribution in [2.24, 2.45) is 5.92 Å². The van der Waals surface area contributed by atoms with Crippen molar-refractivity contribution >= 4 is 17.6 Å². The summed E-state index contributed by atoms with van der Waals surface area (Å²) in [6.07, 6.45) is 2.60. The Morgan fingerprint density at radius 2 is 2.09 bits per heavy atom. The third kappa shape index (κ3) is 1.66. The van der Waals surface area contributed by atoms with Crippen LogP contribution in [0.2, 0.25) is 0 Å². The van der Waals surface area contributed by atoms with Gasteiger partial charge in [-0.1, -0.05) is 18.2 Å². The molecule has 1 amide bonds. The molecule has 5 nitrogen and oxygen atoms in total. The maximum atomic E-state index is 13.5. The van der Waals surface area contributed by atoms with E-state index < -0.39 is 17.4 Å². The van der Waals surface area contributed by atoms with E-state index in [1.807, 2.05) is 38.1 Å². The van der Waals surface area contributed by atoms with E-state index in [1.165, 1.54) is 0 Å². The van der Waals surface area contributed by atoms with E-state index in [9.17, 15) is 14.7 Å². The summed E-state index contributed by atoms with van der Waals surface area (Å²) in [7, 11) is 0. The average Bonchev–Trinajstić information content (AvgIpc) is 3.13. The molecule has 5 heteroatoms. The molecule has 3 heterocycles. The lowest BCUT2D eigenvalue weighted by Gasteiger charge is -2.37. The van der Waals surface area contributed by atoms with E-state index in [0.29, 0.717) is 6.42 Å². The number of carboxylic acids is 1. The monoisotopic (exact) mass is 314 g/mol. The smallest absolute Gasteiger partial charge is 0.309 e. The maximum Gasteiger partial charge on any atom is 0.309 e. The molecule has 4 rings (SSSR count). The lowest BCUT2D eigenvalue weighted by Crippen LogP contribution is -2.55. The number of rotatable bonds is 2. The molecule has 3 unspecified atom stereocenters. The Morgan fingerprint density at radius 1 is 1.35 bits per heavy atom. The molecule has 3 aliphatic rings. The first-order valence-corrected chi connectivity index (χ1v) is 8.42. The molecule has 23 heavy (non-hydrogen) atoms. The van der Waals surface area contributed by atoms with E-state index in [2.05, 4.69) is 4.90 Å². The molecule has 122 valence electrons. The van der Waals surface area contributed by atoms with Gasteiger partial charge in [-0.25, -0.2) is 0 Å². The van der Waals surface area contributed by atoms with Crippen LogP contribution in [0.1, 0.15) is 38.7 Å². The van der Waals surface area contributed by atoms with E-state index in [-0.39, 0.29) is 18.0 Å². The fourth-order valence-electron chi connectivity index (χ4n) is 5.01. The van der Waals surface area contributed by atoms with Crippen molar-refractivity contribution in [3.8, 4) is 0 Å². The number of hydrogen-bond acceptors (Lipinski definition) is 3. The van der Waals surface area contributed by atoms with Crippen LogP contribution in [0.5, 0.6) is 0 Å². The quantitative estimate of drug-likeness (QED) is 0.909. The molecule has 1 aromatic carbocycles. The van der Waals surface area contributed by atoms with Gasteiger partial charge in [0, 0.05) is 23.3 Å². The van der Waals surface area contributed by atoms with Gasteiger partial charge >= 0.3 is 5.97 Å². The van der Waals surface area contributed by atoms with Gasteiger partial charge in [0.05, 0.1) is 5.92 Å². The second-order valence-corrected chi connectivity index (χ2v) is 7.17. The zero-order valence-electron chi connectivity index (χ0n) is 13.5. The lowest BCUT2D eigenvalue weighted by atomic mass is 9.79. The number of fused-ring (bicyclic) bond motifs is 4. The van der Waals surface area contributed by atoms with Crippen molar-refractivity contribution < 1.29 is 14.7 Å². The largest absolute Gasteiger partial charge is 0.481 e. The van der Waals surface area contributed by atoms with Gasteiger partial charge in [-0.15, -0.1) is 0 Å². The summed E-state index contributed by atoms with van der Waals surface area (Å²) in [5.41, 5.74) is 0.759. The molecule has 0 aliphatic carbocycles. The standard InChI is InChI=1S/C18H22N2O3/c1-11(2)20-15-8-4-3-7-13(15)18(17(20)23)14(16(21)22)10-12-6-5-9-19(12)18/h3-4,7-8,11-12,14H,5-6,9-10H2,1-2H3,(H,21,22). The summed E-state index contributed by atoms with van der Waals surface area (Å²) in [5.74, 6) is -1.57. The fourth-order valence-corrected chi connectivity index (χ4v) is 5.01. The minimum atomic E-state index is -1.01. The van der Waals surface area contributed by atoms with Crippen molar-refractivity contribution in [3.63, 3.8) is 0 Å². The number of anilines is 1. The van der Waals surface area contributed by atoms with Crippen LogP contribution >= 0.6 is 0 Å². The van der Waals surface area contributed by atoms with Gasteiger partial charge < -0.3 is 10.0 Å². The summed E-state index contributed by atoms with van der Waals surface area (Å²) < 4.78 is 0. The highest BCUT2D eigenvalue weighted by atomic mass is 16.4. The number of carbonyl (C=O) groups is 2. The minimum absolute atomic E-state index is 0.0131. The van der Waals surface area contributed by atoms with Crippen LogP contribution in [-0.2, 0) is 15.1 Å². The highest BCUT2D eigenvalue weighted by Gasteiger charge is 2.67. The Balaban J connectivity index is 1.98. The highest BCUT2D eigenvalue weighted by Crippen LogP contribution is 2.57. The van der Waals surface area contributed by atoms with E-state index in [0.717, 1.165) is 30.6 Å². The molecule has 0 aromatic heterocycles. The van der Waals surface area contributed by atoms with Gasteiger partial charge in [0.2, 0.25) is 0 Å². The Morgan fingerprint density at radius 3 is 2.78 bits per heavy atom. The molecular weight excluding hydrogens is 292 g/mol. The Bertz CT molecular complexity index is 687. The van der Waals surface area contributed by atoms with Crippen LogP contribution in [-0.4, -0.2) is 40.5 Å². The molecule has 3 aliphatic heterocycles. The van der Waals surface area contributed by atoms with Gasteiger partial charge in [0.25, 0.3) is 5.91 Å². The Hall–Kier alpha value is -1.88. The summed E-state index contributed by atoms with van der Waals surface area (Å²) in [6.45, 7) is 4.78. The molecule has 2 saturated heterocycles. The van der Waals surface area contributed by atoms with Crippen molar-refractivity contribution in [3.05, 3.63) is 29.8 Å². The zero-order chi connectivity index (χ0) is 16.4. The van der Waals surface area contributed by atoms with Crippen molar-refractivity contribution in [1.29, 1.82) is 0 Å². The number of para-hydroxylation sites is 1. The maximum absolute atomic E-state index is 13.5. The molecule has 1 N–H and O–H groups in total. The van der Waals surface area contributed by atoms with Crippen LogP contribution < -0.4 is 4.90 Å². The van der Waals surface area contributed by atoms with Crippen LogP contribution in [0.15, 0.2) is 24.3 Å². The van der Waals surface area contributed by atoms with Crippen LogP contribution in [0.3, 0.4) is 0 Å². The second kappa shape index (κ2) is 4.81. The second-order valence-electron chi connectivity index (χ2n) is 7.17. The first kappa shape index (κ1) is 14.7. The zero-order valence-corrected chi connectivity index (χ0v) is 13.5. The summed E-state index contributed by atoms with van der Waals surface area (Å²) in [6, 6.07) is 7.96. The summed E-state index contributed by atoms with van der Waals surface area (Å²) in [4.78, 5) is 29.5. The number of carbonyl (C=O) groups excluding carboxylic acids is 1. The number of aliphatic carboxylic acids is 1. The molecule has 2 fully saturated rings. The van der Waals surface area contributed by atoms with Crippen molar-refractivity contribution in [1.82, 2.24) is 4.90 Å². The predicted molar refractivity (Wildman–Crippen MR) is 86.2 cm³/mol. The third-order valence-corrected chi connectivity index (χ3v) is 5.78. The first-order chi connectivity index (χ1) is 11.0. The van der Waals surface area contributed by atoms with Gasteiger partial charge in [0.1, 0.15) is 5.54 Å². The normalized spacial score (nSPS) is 32.8. The number of hydrogen-bond donors (Lipinski definition) is 1. The Kier molecular flexibility index (Phi) is 3.07. The van der Waals surface area contributed by atoms with Gasteiger partial charge in [-0.05, 0) is 45.7 Å². The van der Waals surface area contributed by atoms with Gasteiger partial charge in [-0.3, -0.25) is 14.5 Å². The van der Waals surface area contributed by atoms with E-state index in [1.54, 1.807) is 4.90 Å². The molecule has 0 radical (unpaired) electrons. The van der Waals surface area contributed by atoms with Gasteiger partial charge in [-0.2, -0.15) is 0 Å². The number of amides is 1. The summed E-state index contributed by atoms with van der Waals surface area (Å²) in [5, 5.41) is 9.86. The number of nitrogens with zero attached hydrogens (tertiary/aromatic N) is 2. The molecule has 0 saturated carbocycles. The average molecular weight is 314 g/mol. The van der Waals surface area contributed by atoms with Crippen molar-refractivity contribution in [2.45, 2.75) is 50.7 Å². The first-order valence-electron chi connectivity index (χ1n) is 8.42. The Labute approximate surface area is 135 Å². The van der Waals surface area contributed by atoms with E-state index >= 15 is 0 Å². The summed E-state index contributed by atoms with van der Waals surface area (Å²) >= 11 is 0. The topological polar surface area (TPSA) is 60.9 Å².